The van der Waals surface area contributed by atoms with Gasteiger partial charge in [-0.05, 0) is 18.9 Å². The van der Waals surface area contributed by atoms with Crippen LogP contribution < -0.4 is 9.64 Å². The summed E-state index contributed by atoms with van der Waals surface area (Å²) in [5.41, 5.74) is 1.38. The van der Waals surface area contributed by atoms with E-state index in [4.69, 9.17) is 9.47 Å². The van der Waals surface area contributed by atoms with E-state index in [1.165, 1.54) is 0 Å². The third-order valence-corrected chi connectivity index (χ3v) is 4.61. The first-order chi connectivity index (χ1) is 12.3. The lowest BCUT2D eigenvalue weighted by Gasteiger charge is -2.34. The quantitative estimate of drug-likeness (QED) is 0.802. The summed E-state index contributed by atoms with van der Waals surface area (Å²) in [5, 5.41) is 9.53. The Kier molecular flexibility index (Phi) is 5.51. The molecule has 1 saturated heterocycles. The fraction of sp³-hybridized carbons (Fsp3) is 0.500. The van der Waals surface area contributed by atoms with Gasteiger partial charge in [-0.15, -0.1) is 0 Å². The van der Waals surface area contributed by atoms with E-state index in [9.17, 15) is 5.26 Å². The highest BCUT2D eigenvalue weighted by molar-refractivity contribution is 5.63. The van der Waals surface area contributed by atoms with Crippen LogP contribution in [0.2, 0.25) is 0 Å². The number of nitrogens with zero attached hydrogens (tertiary/aromatic N) is 5. The van der Waals surface area contributed by atoms with E-state index in [1.807, 2.05) is 18.5 Å². The Bertz CT molecular complexity index is 752. The Hall–Kier alpha value is -2.59. The molecule has 1 fully saturated rings. The summed E-state index contributed by atoms with van der Waals surface area (Å²) in [6.07, 6.45) is 7.68. The van der Waals surface area contributed by atoms with Gasteiger partial charge in [-0.25, -0.2) is 9.97 Å². The van der Waals surface area contributed by atoms with Crippen molar-refractivity contribution in [1.82, 2.24) is 14.5 Å². The van der Waals surface area contributed by atoms with Gasteiger partial charge in [-0.3, -0.25) is 0 Å². The number of aromatic nitrogens is 3. The Morgan fingerprint density at radius 3 is 2.96 bits per heavy atom. The molecule has 25 heavy (non-hydrogen) atoms. The number of rotatable bonds is 6. The molecule has 7 nitrogen and oxygen atoms in total. The van der Waals surface area contributed by atoms with E-state index in [0.29, 0.717) is 24.0 Å². The molecule has 0 saturated carbocycles. The summed E-state index contributed by atoms with van der Waals surface area (Å²) in [6.45, 7) is 3.21. The van der Waals surface area contributed by atoms with Gasteiger partial charge >= 0.3 is 0 Å². The number of pyridine rings is 1. The molecule has 2 aromatic heterocycles. The van der Waals surface area contributed by atoms with Crippen molar-refractivity contribution in [2.45, 2.75) is 25.3 Å². The third-order valence-electron chi connectivity index (χ3n) is 4.61. The van der Waals surface area contributed by atoms with Crippen molar-refractivity contribution in [3.63, 3.8) is 0 Å². The smallest absolute Gasteiger partial charge is 0.233 e. The van der Waals surface area contributed by atoms with Gasteiger partial charge in [0.1, 0.15) is 17.5 Å². The molecule has 132 valence electrons. The van der Waals surface area contributed by atoms with E-state index >= 15 is 0 Å². The Balaban J connectivity index is 1.83. The van der Waals surface area contributed by atoms with E-state index < -0.39 is 0 Å². The minimum absolute atomic E-state index is 0.325. The molecule has 1 aliphatic rings. The second-order valence-corrected chi connectivity index (χ2v) is 6.08. The highest BCUT2D eigenvalue weighted by Crippen LogP contribution is 2.33. The Labute approximate surface area is 147 Å². The fourth-order valence-electron chi connectivity index (χ4n) is 3.42. The first kappa shape index (κ1) is 17.2. The van der Waals surface area contributed by atoms with Gasteiger partial charge in [-0.1, -0.05) is 0 Å². The van der Waals surface area contributed by atoms with Crippen molar-refractivity contribution in [2.24, 2.45) is 0 Å². The number of nitriles is 1. The first-order valence-electron chi connectivity index (χ1n) is 8.46. The Morgan fingerprint density at radius 2 is 2.20 bits per heavy atom. The maximum absolute atomic E-state index is 9.53. The van der Waals surface area contributed by atoms with Crippen LogP contribution >= 0.6 is 0 Å². The molecule has 2 aromatic rings. The number of hydrogen-bond donors (Lipinski definition) is 0. The summed E-state index contributed by atoms with van der Waals surface area (Å²) in [6, 6.07) is 4.12. The monoisotopic (exact) mass is 341 g/mol. The van der Waals surface area contributed by atoms with Crippen LogP contribution in [-0.4, -0.2) is 48.5 Å². The van der Waals surface area contributed by atoms with E-state index in [0.717, 1.165) is 44.0 Å². The second-order valence-electron chi connectivity index (χ2n) is 6.08. The number of methoxy groups -OCH3 is 2. The molecule has 0 radical (unpaired) electrons. The first-order valence-corrected chi connectivity index (χ1v) is 8.46. The molecule has 1 unspecified atom stereocenters. The van der Waals surface area contributed by atoms with E-state index in [1.54, 1.807) is 20.4 Å². The summed E-state index contributed by atoms with van der Waals surface area (Å²) in [5.74, 6) is 1.79. The second kappa shape index (κ2) is 7.99. The summed E-state index contributed by atoms with van der Waals surface area (Å²) >= 11 is 0. The molecule has 3 heterocycles. The molecular weight excluding hydrogens is 318 g/mol. The van der Waals surface area contributed by atoms with Crippen LogP contribution in [0.4, 0.5) is 5.69 Å². The molecule has 0 N–H and O–H groups in total. The van der Waals surface area contributed by atoms with Crippen LogP contribution in [0.5, 0.6) is 5.88 Å². The number of hydrogen-bond acceptors (Lipinski definition) is 6. The normalized spacial score (nSPS) is 17.3. The van der Waals surface area contributed by atoms with Crippen LogP contribution in [-0.2, 0) is 11.3 Å². The fourth-order valence-corrected chi connectivity index (χ4v) is 3.42. The number of anilines is 1. The lowest BCUT2D eigenvalue weighted by Crippen LogP contribution is -2.36. The molecule has 1 atom stereocenters. The average Bonchev–Trinajstić information content (AvgIpc) is 3.14. The van der Waals surface area contributed by atoms with E-state index in [-0.39, 0.29) is 0 Å². The summed E-state index contributed by atoms with van der Waals surface area (Å²) < 4.78 is 12.6. The van der Waals surface area contributed by atoms with Gasteiger partial charge in [-0.2, -0.15) is 5.26 Å². The van der Waals surface area contributed by atoms with Crippen LogP contribution in [0.25, 0.3) is 0 Å². The predicted molar refractivity (Wildman–Crippen MR) is 93.8 cm³/mol. The standard InChI is InChI=1S/C18H23N5O2/c1-24-11-10-22-9-7-20-17(22)14-4-3-8-23(13-14)16-5-6-21-18(25-2)15(16)12-19/h5-7,9,14H,3-4,8,10-11,13H2,1-2H3. The topological polar surface area (TPSA) is 76.2 Å². The maximum atomic E-state index is 9.53. The summed E-state index contributed by atoms with van der Waals surface area (Å²) in [7, 11) is 3.25. The Morgan fingerprint density at radius 1 is 1.32 bits per heavy atom. The highest BCUT2D eigenvalue weighted by atomic mass is 16.5. The van der Waals surface area contributed by atoms with Crippen LogP contribution in [0.1, 0.15) is 30.1 Å². The number of ether oxygens (including phenoxy) is 2. The summed E-state index contributed by atoms with van der Waals surface area (Å²) in [4.78, 5) is 11.0. The van der Waals surface area contributed by atoms with Gasteiger partial charge in [0.25, 0.3) is 0 Å². The van der Waals surface area contributed by atoms with Crippen LogP contribution in [0.15, 0.2) is 24.7 Å². The number of piperidine rings is 1. The van der Waals surface area contributed by atoms with Crippen molar-refractivity contribution < 1.29 is 9.47 Å². The predicted octanol–water partition coefficient (Wildman–Crippen LogP) is 2.19. The third kappa shape index (κ3) is 3.59. The molecule has 0 aromatic carbocycles. The molecule has 3 rings (SSSR count). The lowest BCUT2D eigenvalue weighted by atomic mass is 9.96. The molecule has 0 bridgehead atoms. The van der Waals surface area contributed by atoms with Gasteiger partial charge < -0.3 is 18.9 Å². The van der Waals surface area contributed by atoms with Crippen LogP contribution in [0, 0.1) is 11.3 Å². The minimum Gasteiger partial charge on any atom is -0.480 e. The zero-order valence-electron chi connectivity index (χ0n) is 14.7. The minimum atomic E-state index is 0.325. The van der Waals surface area contributed by atoms with Crippen molar-refractivity contribution in [2.75, 3.05) is 38.8 Å². The zero-order chi connectivity index (χ0) is 17.6. The average molecular weight is 341 g/mol. The molecule has 0 spiro atoms. The molecule has 1 aliphatic heterocycles. The molecule has 0 amide bonds. The SMILES string of the molecule is COCCn1ccnc1C1CCCN(c2ccnc(OC)c2C#N)C1. The maximum Gasteiger partial charge on any atom is 0.233 e. The van der Waals surface area contributed by atoms with Gasteiger partial charge in [0.15, 0.2) is 0 Å². The highest BCUT2D eigenvalue weighted by Gasteiger charge is 2.27. The van der Waals surface area contributed by atoms with Gasteiger partial charge in [0, 0.05) is 51.3 Å². The zero-order valence-corrected chi connectivity index (χ0v) is 14.7. The number of imidazole rings is 1. The van der Waals surface area contributed by atoms with Crippen molar-refractivity contribution in [3.8, 4) is 11.9 Å². The molecule has 7 heteroatoms. The van der Waals surface area contributed by atoms with Crippen LogP contribution in [0.3, 0.4) is 0 Å². The molecular formula is C18H23N5O2. The van der Waals surface area contributed by atoms with Gasteiger partial charge in [0.05, 0.1) is 19.4 Å². The van der Waals surface area contributed by atoms with Gasteiger partial charge in [0.2, 0.25) is 5.88 Å². The molecule has 0 aliphatic carbocycles. The van der Waals surface area contributed by atoms with E-state index in [2.05, 4.69) is 25.5 Å². The van der Waals surface area contributed by atoms with Crippen molar-refractivity contribution >= 4 is 5.69 Å². The van der Waals surface area contributed by atoms with Crippen molar-refractivity contribution in [1.29, 1.82) is 5.26 Å². The lowest BCUT2D eigenvalue weighted by molar-refractivity contribution is 0.185. The largest absolute Gasteiger partial charge is 0.480 e. The van der Waals surface area contributed by atoms with Crippen molar-refractivity contribution in [3.05, 3.63) is 36.0 Å².